The van der Waals surface area contributed by atoms with E-state index >= 15 is 0 Å². The average molecular weight is 425 g/mol. The Hall–Kier alpha value is -3.84. The van der Waals surface area contributed by atoms with Crippen molar-refractivity contribution >= 4 is 18.2 Å². The zero-order valence-corrected chi connectivity index (χ0v) is 19.4. The maximum Gasteiger partial charge on any atom is 0.191 e. The molecule has 0 aliphatic carbocycles. The molecule has 1 heteroatoms. The zero-order valence-electron chi connectivity index (χ0n) is 19.4. The summed E-state index contributed by atoms with van der Waals surface area (Å²) in [6.07, 6.45) is 0. The topological polar surface area (TPSA) is 0 Å². The summed E-state index contributed by atoms with van der Waals surface area (Å²) in [6.45, 7) is 4.19. The first-order chi connectivity index (χ1) is 16.2. The van der Waals surface area contributed by atoms with E-state index in [1.54, 1.807) is 0 Å². The van der Waals surface area contributed by atoms with Gasteiger partial charge in [-0.15, -0.1) is 0 Å². The lowest BCUT2D eigenvalue weighted by Crippen LogP contribution is -2.26. The first kappa shape index (κ1) is 23.8. The van der Waals surface area contributed by atoms with Gasteiger partial charge in [-0.05, 0) is 25.0 Å². The minimum absolute atomic E-state index is 1.24. The van der Waals surface area contributed by atoms with Crippen molar-refractivity contribution in [3.63, 3.8) is 0 Å². The lowest BCUT2D eigenvalue weighted by atomic mass is 9.64. The summed E-state index contributed by atoms with van der Waals surface area (Å²) in [5.74, 6) is 0. The van der Waals surface area contributed by atoms with Crippen molar-refractivity contribution in [1.82, 2.24) is 0 Å². The monoisotopic (exact) mass is 425 g/mol. The quantitative estimate of drug-likeness (QED) is 0.273. The third-order valence-corrected chi connectivity index (χ3v) is 5.03. The molecule has 0 unspecified atom stereocenters. The van der Waals surface area contributed by atoms with Crippen LogP contribution < -0.4 is 10.9 Å². The number of benzene rings is 5. The van der Waals surface area contributed by atoms with Crippen molar-refractivity contribution in [3.05, 3.63) is 157 Å². The smallest absolute Gasteiger partial charge is 0.0814 e. The maximum absolute atomic E-state index is 2.17. The van der Waals surface area contributed by atoms with Crippen molar-refractivity contribution in [2.75, 3.05) is 0 Å². The molecule has 0 bridgehead atoms. The van der Waals surface area contributed by atoms with Crippen LogP contribution in [0.1, 0.15) is 11.1 Å². The van der Waals surface area contributed by atoms with Gasteiger partial charge >= 0.3 is 0 Å². The third-order valence-electron chi connectivity index (χ3n) is 5.03. The van der Waals surface area contributed by atoms with E-state index < -0.39 is 0 Å². The van der Waals surface area contributed by atoms with E-state index in [-0.39, 0.29) is 0 Å². The van der Waals surface area contributed by atoms with Crippen LogP contribution in [0.25, 0.3) is 11.1 Å². The van der Waals surface area contributed by atoms with Gasteiger partial charge in [0.2, 0.25) is 0 Å². The Morgan fingerprint density at radius 3 is 0.909 bits per heavy atom. The van der Waals surface area contributed by atoms with Crippen LogP contribution in [0.5, 0.6) is 0 Å². The number of aryl methyl sites for hydroxylation is 2. The van der Waals surface area contributed by atoms with Crippen LogP contribution in [0, 0.1) is 13.8 Å². The van der Waals surface area contributed by atoms with Gasteiger partial charge in [-0.25, -0.2) is 0 Å². The van der Waals surface area contributed by atoms with E-state index in [2.05, 4.69) is 142 Å². The van der Waals surface area contributed by atoms with Crippen molar-refractivity contribution in [2.45, 2.75) is 13.8 Å². The summed E-state index contributed by atoms with van der Waals surface area (Å²) in [5, 5.41) is 0. The Kier molecular flexibility index (Phi) is 9.78. The summed E-state index contributed by atoms with van der Waals surface area (Å²) in [5.41, 5.74) is 7.70. The molecule has 33 heavy (non-hydrogen) atoms. The Bertz CT molecular complexity index is 1060. The van der Waals surface area contributed by atoms with E-state index in [1.165, 1.54) is 33.2 Å². The summed E-state index contributed by atoms with van der Waals surface area (Å²) in [7, 11) is 2.17. The molecule has 0 saturated carbocycles. The van der Waals surface area contributed by atoms with E-state index in [1.807, 2.05) is 24.3 Å². The van der Waals surface area contributed by atoms with Crippen molar-refractivity contribution < 1.29 is 0 Å². The molecule has 0 nitrogen and oxygen atoms in total. The molecular weight excluding hydrogens is 395 g/mol. The molecule has 5 rings (SSSR count). The molecule has 0 aliphatic heterocycles. The highest BCUT2D eigenvalue weighted by Gasteiger charge is 1.95. The average Bonchev–Trinajstić information content (AvgIpc) is 2.89. The lowest BCUT2D eigenvalue weighted by molar-refractivity contribution is 1.40. The van der Waals surface area contributed by atoms with Crippen molar-refractivity contribution in [2.24, 2.45) is 0 Å². The molecule has 0 spiro atoms. The van der Waals surface area contributed by atoms with Gasteiger partial charge in [0.15, 0.2) is 7.28 Å². The Morgan fingerprint density at radius 2 is 0.606 bits per heavy atom. The van der Waals surface area contributed by atoms with Crippen LogP contribution in [0.2, 0.25) is 0 Å². The standard InChI is InChI=1S/C12H10B.C12H10.C8H10/c1-3-7-11(8-4-1)13-12-9-5-2-6-10-12;1-3-7-11(8-4-1)12-9-5-2-6-10-12;1-7-3-5-8(2)6-4-7/h1-10H;1-10H;3-6H,1-2H3. The second-order valence-corrected chi connectivity index (χ2v) is 7.85. The fourth-order valence-electron chi connectivity index (χ4n) is 3.19. The molecule has 0 fully saturated rings. The van der Waals surface area contributed by atoms with Crippen LogP contribution in [-0.2, 0) is 0 Å². The Morgan fingerprint density at radius 1 is 0.333 bits per heavy atom. The van der Waals surface area contributed by atoms with Crippen molar-refractivity contribution in [1.29, 1.82) is 0 Å². The van der Waals surface area contributed by atoms with Crippen LogP contribution >= 0.6 is 0 Å². The molecule has 5 aromatic carbocycles. The minimum atomic E-state index is 1.24. The molecule has 0 aliphatic rings. The predicted octanol–water partition coefficient (Wildman–Crippen LogP) is 7.00. The minimum Gasteiger partial charge on any atom is -0.0814 e. The van der Waals surface area contributed by atoms with Gasteiger partial charge in [-0.1, -0.05) is 168 Å². The number of hydrogen-bond donors (Lipinski definition) is 0. The predicted molar refractivity (Wildman–Crippen MR) is 146 cm³/mol. The van der Waals surface area contributed by atoms with Gasteiger partial charge < -0.3 is 0 Å². The maximum atomic E-state index is 2.17. The van der Waals surface area contributed by atoms with E-state index in [0.717, 1.165) is 0 Å². The first-order valence-electron chi connectivity index (χ1n) is 11.3. The van der Waals surface area contributed by atoms with E-state index in [9.17, 15) is 0 Å². The second-order valence-electron chi connectivity index (χ2n) is 7.85. The summed E-state index contributed by atoms with van der Waals surface area (Å²) in [6, 6.07) is 49.9. The lowest BCUT2D eigenvalue weighted by Gasteiger charge is -1.98. The van der Waals surface area contributed by atoms with Crippen LogP contribution in [0.15, 0.2) is 146 Å². The molecule has 161 valence electrons. The highest BCUT2D eigenvalue weighted by Crippen LogP contribution is 2.17. The van der Waals surface area contributed by atoms with Gasteiger partial charge in [-0.3, -0.25) is 0 Å². The van der Waals surface area contributed by atoms with Gasteiger partial charge in [0, 0.05) is 0 Å². The van der Waals surface area contributed by atoms with E-state index in [0.29, 0.717) is 0 Å². The largest absolute Gasteiger partial charge is 0.191 e. The molecule has 0 atom stereocenters. The Balaban J connectivity index is 0.000000143. The fourth-order valence-corrected chi connectivity index (χ4v) is 3.19. The van der Waals surface area contributed by atoms with Crippen molar-refractivity contribution in [3.8, 4) is 11.1 Å². The summed E-state index contributed by atoms with van der Waals surface area (Å²) in [4.78, 5) is 0. The van der Waals surface area contributed by atoms with Crippen LogP contribution in [0.3, 0.4) is 0 Å². The molecular formula is C32H30B. The normalized spacial score (nSPS) is 9.52. The molecule has 5 aromatic rings. The molecule has 0 N–H and O–H groups in total. The van der Waals surface area contributed by atoms with Gasteiger partial charge in [-0.2, -0.15) is 0 Å². The molecule has 0 heterocycles. The van der Waals surface area contributed by atoms with Crippen LogP contribution in [-0.4, -0.2) is 7.28 Å². The third kappa shape index (κ3) is 9.05. The highest BCUT2D eigenvalue weighted by molar-refractivity contribution is 6.67. The molecule has 0 saturated heterocycles. The van der Waals surface area contributed by atoms with Gasteiger partial charge in [0.25, 0.3) is 0 Å². The second kappa shape index (κ2) is 13.5. The number of hydrogen-bond acceptors (Lipinski definition) is 0. The van der Waals surface area contributed by atoms with Crippen LogP contribution in [0.4, 0.5) is 0 Å². The summed E-state index contributed by atoms with van der Waals surface area (Å²) < 4.78 is 0. The SMILES string of the molecule is Cc1ccc(C)cc1.[B](c1ccccc1)c1ccccc1.c1ccc(-c2ccccc2)cc1. The van der Waals surface area contributed by atoms with E-state index in [4.69, 9.17) is 0 Å². The molecule has 0 aromatic heterocycles. The first-order valence-corrected chi connectivity index (χ1v) is 11.3. The van der Waals surface area contributed by atoms with Gasteiger partial charge in [0.05, 0.1) is 0 Å². The number of rotatable bonds is 3. The summed E-state index contributed by atoms with van der Waals surface area (Å²) >= 11 is 0. The van der Waals surface area contributed by atoms with Gasteiger partial charge in [0.1, 0.15) is 0 Å². The molecule has 1 radical (unpaired) electrons. The molecule has 0 amide bonds. The zero-order chi connectivity index (χ0) is 23.1. The fraction of sp³-hybridized carbons (Fsp3) is 0.0625. The highest BCUT2D eigenvalue weighted by atomic mass is 14.0. The Labute approximate surface area is 199 Å².